The third-order valence-corrected chi connectivity index (χ3v) is 4.29. The van der Waals surface area contributed by atoms with E-state index in [1.54, 1.807) is 6.92 Å². The summed E-state index contributed by atoms with van der Waals surface area (Å²) < 4.78 is 23.1. The molecular formula is C12H16N4O4S. The number of amides is 2. The summed E-state index contributed by atoms with van der Waals surface area (Å²) >= 11 is 0. The molecule has 6 N–H and O–H groups in total. The Morgan fingerprint density at radius 3 is 2.57 bits per heavy atom. The van der Waals surface area contributed by atoms with Gasteiger partial charge in [0, 0.05) is 17.8 Å². The van der Waals surface area contributed by atoms with Crippen molar-refractivity contribution in [3.63, 3.8) is 0 Å². The molecule has 1 heterocycles. The SMILES string of the molecule is Cc1c(NC2CCC(=O)NC2=O)cc(N)cc1S(N)(=O)=O. The Labute approximate surface area is 121 Å². The number of piperidine rings is 1. The van der Waals surface area contributed by atoms with Crippen LogP contribution in [-0.4, -0.2) is 26.3 Å². The molecule has 0 bridgehead atoms. The largest absolute Gasteiger partial charge is 0.399 e. The lowest BCUT2D eigenvalue weighted by molar-refractivity contribution is -0.133. The lowest BCUT2D eigenvalue weighted by Crippen LogP contribution is -2.47. The summed E-state index contributed by atoms with van der Waals surface area (Å²) in [6.07, 6.45) is 0.538. The van der Waals surface area contributed by atoms with Crippen molar-refractivity contribution in [1.29, 1.82) is 0 Å². The number of sulfonamides is 1. The van der Waals surface area contributed by atoms with E-state index in [0.717, 1.165) is 0 Å². The summed E-state index contributed by atoms with van der Waals surface area (Å²) in [6.45, 7) is 1.56. The smallest absolute Gasteiger partial charge is 0.249 e. The van der Waals surface area contributed by atoms with Crippen molar-refractivity contribution in [3.8, 4) is 0 Å². The van der Waals surface area contributed by atoms with Gasteiger partial charge in [0.15, 0.2) is 0 Å². The maximum Gasteiger partial charge on any atom is 0.249 e. The van der Waals surface area contributed by atoms with Gasteiger partial charge in [0.05, 0.1) is 4.90 Å². The van der Waals surface area contributed by atoms with E-state index in [4.69, 9.17) is 10.9 Å². The van der Waals surface area contributed by atoms with Gasteiger partial charge in [-0.2, -0.15) is 0 Å². The number of anilines is 2. The van der Waals surface area contributed by atoms with E-state index in [2.05, 4.69) is 10.6 Å². The summed E-state index contributed by atoms with van der Waals surface area (Å²) in [6, 6.07) is 2.16. The number of carbonyl (C=O) groups excluding carboxylic acids is 2. The van der Waals surface area contributed by atoms with Crippen LogP contribution in [0.3, 0.4) is 0 Å². The molecule has 2 rings (SSSR count). The first-order valence-corrected chi connectivity index (χ1v) is 7.76. The summed E-state index contributed by atoms with van der Waals surface area (Å²) in [7, 11) is -3.92. The second-order valence-corrected chi connectivity index (χ2v) is 6.41. The van der Waals surface area contributed by atoms with E-state index in [1.807, 2.05) is 0 Å². The van der Waals surface area contributed by atoms with E-state index in [9.17, 15) is 18.0 Å². The molecule has 1 aromatic rings. The zero-order chi connectivity index (χ0) is 15.8. The van der Waals surface area contributed by atoms with Gasteiger partial charge in [-0.1, -0.05) is 0 Å². The van der Waals surface area contributed by atoms with E-state index in [0.29, 0.717) is 17.7 Å². The van der Waals surface area contributed by atoms with Gasteiger partial charge in [0.25, 0.3) is 0 Å². The first kappa shape index (κ1) is 15.3. The molecule has 1 fully saturated rings. The number of primary sulfonamides is 1. The lowest BCUT2D eigenvalue weighted by atomic mass is 10.0. The van der Waals surface area contributed by atoms with Crippen molar-refractivity contribution >= 4 is 33.2 Å². The van der Waals surface area contributed by atoms with Gasteiger partial charge in [0.2, 0.25) is 21.8 Å². The van der Waals surface area contributed by atoms with Crippen LogP contribution in [0.2, 0.25) is 0 Å². The number of imide groups is 1. The average molecular weight is 312 g/mol. The number of carbonyl (C=O) groups is 2. The molecule has 1 aromatic carbocycles. The maximum atomic E-state index is 11.7. The molecule has 0 aliphatic carbocycles. The van der Waals surface area contributed by atoms with Crippen LogP contribution in [0.4, 0.5) is 11.4 Å². The van der Waals surface area contributed by atoms with Gasteiger partial charge in [-0.3, -0.25) is 14.9 Å². The second kappa shape index (κ2) is 5.34. The topological polar surface area (TPSA) is 144 Å². The first-order chi connectivity index (χ1) is 9.68. The number of nitrogen functional groups attached to an aromatic ring is 1. The molecule has 0 aromatic heterocycles. The van der Waals surface area contributed by atoms with Crippen molar-refractivity contribution < 1.29 is 18.0 Å². The van der Waals surface area contributed by atoms with Crippen molar-refractivity contribution in [3.05, 3.63) is 17.7 Å². The Morgan fingerprint density at radius 2 is 2.00 bits per heavy atom. The van der Waals surface area contributed by atoms with Crippen LogP contribution in [0.25, 0.3) is 0 Å². The molecule has 0 radical (unpaired) electrons. The normalized spacial score (nSPS) is 19.2. The van der Waals surface area contributed by atoms with Crippen molar-refractivity contribution in [1.82, 2.24) is 5.32 Å². The maximum absolute atomic E-state index is 11.7. The zero-order valence-electron chi connectivity index (χ0n) is 11.3. The highest BCUT2D eigenvalue weighted by Crippen LogP contribution is 2.27. The summed E-state index contributed by atoms with van der Waals surface area (Å²) in [5.41, 5.74) is 6.65. The molecule has 2 amide bonds. The van der Waals surface area contributed by atoms with Crippen LogP contribution < -0.4 is 21.5 Å². The number of nitrogens with one attached hydrogen (secondary N) is 2. The molecular weight excluding hydrogens is 296 g/mol. The lowest BCUT2D eigenvalue weighted by Gasteiger charge is -2.24. The summed E-state index contributed by atoms with van der Waals surface area (Å²) in [5, 5.41) is 10.3. The van der Waals surface area contributed by atoms with E-state index in [-0.39, 0.29) is 22.9 Å². The average Bonchev–Trinajstić information content (AvgIpc) is 2.35. The number of nitrogens with two attached hydrogens (primary N) is 2. The molecule has 1 atom stereocenters. The van der Waals surface area contributed by atoms with Crippen molar-refractivity contribution in [2.75, 3.05) is 11.1 Å². The number of rotatable bonds is 3. The highest BCUT2D eigenvalue weighted by atomic mass is 32.2. The summed E-state index contributed by atoms with van der Waals surface area (Å²) in [5.74, 6) is -0.780. The molecule has 114 valence electrons. The minimum Gasteiger partial charge on any atom is -0.399 e. The fraction of sp³-hybridized carbons (Fsp3) is 0.333. The molecule has 1 saturated heterocycles. The number of benzene rings is 1. The van der Waals surface area contributed by atoms with Crippen LogP contribution in [0.1, 0.15) is 18.4 Å². The van der Waals surface area contributed by atoms with E-state index < -0.39 is 22.0 Å². The summed E-state index contributed by atoms with van der Waals surface area (Å²) in [4.78, 5) is 22.7. The molecule has 0 saturated carbocycles. The van der Waals surface area contributed by atoms with Crippen LogP contribution in [0.5, 0.6) is 0 Å². The van der Waals surface area contributed by atoms with Crippen LogP contribution in [-0.2, 0) is 19.6 Å². The van der Waals surface area contributed by atoms with Crippen molar-refractivity contribution in [2.24, 2.45) is 5.14 Å². The number of hydrogen-bond acceptors (Lipinski definition) is 6. The predicted molar refractivity (Wildman–Crippen MR) is 76.8 cm³/mol. The minimum absolute atomic E-state index is 0.0997. The Kier molecular flexibility index (Phi) is 3.88. The second-order valence-electron chi connectivity index (χ2n) is 4.88. The molecule has 1 aliphatic heterocycles. The molecule has 1 aliphatic rings. The van der Waals surface area contributed by atoms with Gasteiger partial charge in [-0.25, -0.2) is 13.6 Å². The van der Waals surface area contributed by atoms with Gasteiger partial charge in [-0.15, -0.1) is 0 Å². The predicted octanol–water partition coefficient (Wildman–Crippen LogP) is -0.558. The third-order valence-electron chi connectivity index (χ3n) is 3.26. The van der Waals surface area contributed by atoms with E-state index in [1.165, 1.54) is 12.1 Å². The highest BCUT2D eigenvalue weighted by Gasteiger charge is 2.27. The Hall–Kier alpha value is -2.13. The molecule has 21 heavy (non-hydrogen) atoms. The minimum atomic E-state index is -3.92. The Bertz CT molecular complexity index is 714. The van der Waals surface area contributed by atoms with Gasteiger partial charge < -0.3 is 11.1 Å². The standard InChI is InChI=1S/C12H16N4O4S/c1-6-9(4-7(13)5-10(6)21(14,19)20)15-8-2-3-11(17)16-12(8)18/h4-5,8,15H,2-3,13H2,1H3,(H2,14,19,20)(H,16,17,18). The highest BCUT2D eigenvalue weighted by molar-refractivity contribution is 7.89. The first-order valence-electron chi connectivity index (χ1n) is 6.21. The Balaban J connectivity index is 2.35. The fourth-order valence-corrected chi connectivity index (χ4v) is 3.01. The van der Waals surface area contributed by atoms with Crippen molar-refractivity contribution in [2.45, 2.75) is 30.7 Å². The molecule has 8 nitrogen and oxygen atoms in total. The van der Waals surface area contributed by atoms with Gasteiger partial charge >= 0.3 is 0 Å². The quantitative estimate of drug-likeness (QED) is 0.435. The van der Waals surface area contributed by atoms with Crippen LogP contribution >= 0.6 is 0 Å². The monoisotopic (exact) mass is 312 g/mol. The zero-order valence-corrected chi connectivity index (χ0v) is 12.2. The van der Waals surface area contributed by atoms with Crippen LogP contribution in [0.15, 0.2) is 17.0 Å². The number of hydrogen-bond donors (Lipinski definition) is 4. The molecule has 0 spiro atoms. The molecule has 9 heteroatoms. The fourth-order valence-electron chi connectivity index (χ4n) is 2.17. The molecule has 1 unspecified atom stereocenters. The third kappa shape index (κ3) is 3.31. The van der Waals surface area contributed by atoms with E-state index >= 15 is 0 Å². The van der Waals surface area contributed by atoms with Gasteiger partial charge in [-0.05, 0) is 31.0 Å². The Morgan fingerprint density at radius 1 is 1.33 bits per heavy atom. The van der Waals surface area contributed by atoms with Gasteiger partial charge in [0.1, 0.15) is 6.04 Å². The van der Waals surface area contributed by atoms with Crippen LogP contribution in [0, 0.1) is 6.92 Å².